The minimum atomic E-state index is -3.16. The Labute approximate surface area is 177 Å². The van der Waals surface area contributed by atoms with E-state index in [-0.39, 0.29) is 17.2 Å². The van der Waals surface area contributed by atoms with Crippen molar-refractivity contribution >= 4 is 23.2 Å². The van der Waals surface area contributed by atoms with Crippen molar-refractivity contribution in [3.63, 3.8) is 0 Å². The van der Waals surface area contributed by atoms with Gasteiger partial charge in [-0.3, -0.25) is 14.9 Å². The lowest BCUT2D eigenvalue weighted by Gasteiger charge is -2.25. The van der Waals surface area contributed by atoms with E-state index in [2.05, 4.69) is 4.74 Å². The molecule has 0 saturated heterocycles. The number of nitro groups is 1. The second-order valence-electron chi connectivity index (χ2n) is 6.66. The Balaban J connectivity index is 1.77. The number of hydrogen-bond donors (Lipinski definition) is 0. The number of rotatable bonds is 7. The summed E-state index contributed by atoms with van der Waals surface area (Å²) >= 11 is 0. The van der Waals surface area contributed by atoms with E-state index in [0.29, 0.717) is 19.5 Å². The van der Waals surface area contributed by atoms with Crippen molar-refractivity contribution in [3.05, 3.63) is 75.9 Å². The van der Waals surface area contributed by atoms with E-state index in [0.717, 1.165) is 17.2 Å². The van der Waals surface area contributed by atoms with Crippen molar-refractivity contribution in [2.45, 2.75) is 13.0 Å². The molecule has 1 heterocycles. The highest BCUT2D eigenvalue weighted by atomic mass is 19.3. The van der Waals surface area contributed by atoms with E-state index in [1.165, 1.54) is 25.3 Å². The molecule has 1 aliphatic heterocycles. The summed E-state index contributed by atoms with van der Waals surface area (Å²) in [6, 6.07) is 11.9. The third kappa shape index (κ3) is 5.44. The van der Waals surface area contributed by atoms with Crippen LogP contribution in [0, 0.1) is 10.1 Å². The molecule has 1 aliphatic rings. The lowest BCUT2D eigenvalue weighted by molar-refractivity contribution is -0.385. The van der Waals surface area contributed by atoms with Crippen LogP contribution >= 0.6 is 0 Å². The molecule has 2 aromatic carbocycles. The predicted octanol–water partition coefficient (Wildman–Crippen LogP) is 4.53. The maximum Gasteiger partial charge on any atom is 0.387 e. The standard InChI is InChI=1S/C22H20F2N2O5/c1-30-19-13-17(18(26(28)29)14-20(19)31-22(23)24)7-8-21(27)25-11-9-16(10-12-25)15-5-3-2-4-6-15/h2-9,13-14,22H,10-12H2,1H3/b8-7+. The third-order valence-electron chi connectivity index (χ3n) is 4.80. The number of nitrogens with zero attached hydrogens (tertiary/aromatic N) is 2. The fraction of sp³-hybridized carbons (Fsp3) is 0.227. The summed E-state index contributed by atoms with van der Waals surface area (Å²) in [6.07, 6.45) is 5.16. The number of carbonyl (C=O) groups is 1. The second kappa shape index (κ2) is 9.84. The van der Waals surface area contributed by atoms with Crippen LogP contribution in [-0.2, 0) is 4.79 Å². The molecule has 0 radical (unpaired) electrons. The molecular formula is C22H20F2N2O5. The predicted molar refractivity (Wildman–Crippen MR) is 111 cm³/mol. The molecule has 0 spiro atoms. The van der Waals surface area contributed by atoms with E-state index < -0.39 is 23.0 Å². The van der Waals surface area contributed by atoms with Crippen molar-refractivity contribution < 1.29 is 28.0 Å². The number of amides is 1. The van der Waals surface area contributed by atoms with Crippen LogP contribution < -0.4 is 9.47 Å². The largest absolute Gasteiger partial charge is 0.493 e. The number of ether oxygens (including phenoxy) is 2. The molecule has 0 aliphatic carbocycles. The van der Waals surface area contributed by atoms with Crippen LogP contribution in [0.2, 0.25) is 0 Å². The van der Waals surface area contributed by atoms with Gasteiger partial charge in [-0.05, 0) is 29.7 Å². The van der Waals surface area contributed by atoms with Crippen LogP contribution in [0.1, 0.15) is 17.5 Å². The number of nitro benzene ring substituents is 1. The molecule has 0 atom stereocenters. The summed E-state index contributed by atoms with van der Waals surface area (Å²) in [4.78, 5) is 24.8. The normalized spacial score (nSPS) is 13.9. The van der Waals surface area contributed by atoms with E-state index in [1.54, 1.807) is 4.90 Å². The Morgan fingerprint density at radius 2 is 1.97 bits per heavy atom. The molecule has 0 bridgehead atoms. The molecule has 2 aromatic rings. The molecule has 31 heavy (non-hydrogen) atoms. The maximum absolute atomic E-state index is 12.5. The lowest BCUT2D eigenvalue weighted by atomic mass is 9.99. The first kappa shape index (κ1) is 21.9. The van der Waals surface area contributed by atoms with Crippen LogP contribution in [0.5, 0.6) is 11.5 Å². The van der Waals surface area contributed by atoms with Gasteiger partial charge >= 0.3 is 6.61 Å². The van der Waals surface area contributed by atoms with Gasteiger partial charge in [0, 0.05) is 19.2 Å². The van der Waals surface area contributed by atoms with E-state index >= 15 is 0 Å². The molecular weight excluding hydrogens is 410 g/mol. The van der Waals surface area contributed by atoms with Gasteiger partial charge in [0.1, 0.15) is 0 Å². The molecule has 7 nitrogen and oxygen atoms in total. The summed E-state index contributed by atoms with van der Waals surface area (Å²) in [5.41, 5.74) is 1.82. The first-order chi connectivity index (χ1) is 14.9. The summed E-state index contributed by atoms with van der Waals surface area (Å²) < 4.78 is 34.4. The topological polar surface area (TPSA) is 81.9 Å². The Hall–Kier alpha value is -3.75. The highest BCUT2D eigenvalue weighted by Gasteiger charge is 2.21. The van der Waals surface area contributed by atoms with Crippen LogP contribution in [-0.4, -0.2) is 42.5 Å². The van der Waals surface area contributed by atoms with Crippen molar-refractivity contribution in [2.24, 2.45) is 0 Å². The van der Waals surface area contributed by atoms with Gasteiger partial charge in [-0.2, -0.15) is 8.78 Å². The zero-order chi connectivity index (χ0) is 22.4. The van der Waals surface area contributed by atoms with Gasteiger partial charge in [0.05, 0.1) is 23.7 Å². The van der Waals surface area contributed by atoms with E-state index in [4.69, 9.17) is 4.74 Å². The highest BCUT2D eigenvalue weighted by Crippen LogP contribution is 2.36. The van der Waals surface area contributed by atoms with Gasteiger partial charge in [0.15, 0.2) is 11.5 Å². The SMILES string of the molecule is COc1cc(/C=C/C(=O)N2CC=C(c3ccccc3)CC2)c([N+](=O)[O-])cc1OC(F)F. The number of carbonyl (C=O) groups excluding carboxylic acids is 1. The smallest absolute Gasteiger partial charge is 0.387 e. The van der Waals surface area contributed by atoms with Crippen molar-refractivity contribution in [2.75, 3.05) is 20.2 Å². The number of benzene rings is 2. The first-order valence-corrected chi connectivity index (χ1v) is 9.41. The highest BCUT2D eigenvalue weighted by molar-refractivity contribution is 5.93. The van der Waals surface area contributed by atoms with Gasteiger partial charge < -0.3 is 14.4 Å². The average Bonchev–Trinajstić information content (AvgIpc) is 2.78. The molecule has 0 saturated carbocycles. The van der Waals surface area contributed by atoms with Crippen LogP contribution in [0.25, 0.3) is 11.6 Å². The minimum absolute atomic E-state index is 0.0364. The van der Waals surface area contributed by atoms with Crippen molar-refractivity contribution in [3.8, 4) is 11.5 Å². The fourth-order valence-electron chi connectivity index (χ4n) is 3.25. The third-order valence-corrected chi connectivity index (χ3v) is 4.80. The van der Waals surface area contributed by atoms with Gasteiger partial charge in [-0.1, -0.05) is 36.4 Å². The first-order valence-electron chi connectivity index (χ1n) is 9.41. The lowest BCUT2D eigenvalue weighted by Crippen LogP contribution is -2.33. The Bertz CT molecular complexity index is 1020. The number of hydrogen-bond acceptors (Lipinski definition) is 5. The second-order valence-corrected chi connectivity index (χ2v) is 6.66. The van der Waals surface area contributed by atoms with E-state index in [9.17, 15) is 23.7 Å². The summed E-state index contributed by atoms with van der Waals surface area (Å²) in [5.74, 6) is -0.877. The summed E-state index contributed by atoms with van der Waals surface area (Å²) in [5, 5.41) is 11.4. The Morgan fingerprint density at radius 1 is 1.23 bits per heavy atom. The van der Waals surface area contributed by atoms with Crippen LogP contribution in [0.3, 0.4) is 0 Å². The van der Waals surface area contributed by atoms with Crippen molar-refractivity contribution in [1.82, 2.24) is 4.90 Å². The van der Waals surface area contributed by atoms with Gasteiger partial charge in [0.2, 0.25) is 5.91 Å². The van der Waals surface area contributed by atoms with Gasteiger partial charge in [-0.25, -0.2) is 0 Å². The zero-order valence-corrected chi connectivity index (χ0v) is 16.7. The Kier molecular flexibility index (Phi) is 6.96. The molecule has 3 rings (SSSR count). The van der Waals surface area contributed by atoms with Crippen molar-refractivity contribution in [1.29, 1.82) is 0 Å². The number of alkyl halides is 2. The summed E-state index contributed by atoms with van der Waals surface area (Å²) in [6.45, 7) is -2.24. The van der Waals surface area contributed by atoms with E-state index in [1.807, 2.05) is 36.4 Å². The molecule has 1 amide bonds. The average molecular weight is 430 g/mol. The monoisotopic (exact) mass is 430 g/mol. The van der Waals surface area contributed by atoms with Crippen LogP contribution in [0.4, 0.5) is 14.5 Å². The summed E-state index contributed by atoms with van der Waals surface area (Å²) in [7, 11) is 1.22. The van der Waals surface area contributed by atoms with Gasteiger partial charge in [0.25, 0.3) is 5.69 Å². The molecule has 162 valence electrons. The Morgan fingerprint density at radius 3 is 2.55 bits per heavy atom. The maximum atomic E-state index is 12.5. The fourth-order valence-corrected chi connectivity index (χ4v) is 3.25. The quantitative estimate of drug-likeness (QED) is 0.366. The molecule has 0 aromatic heterocycles. The van der Waals surface area contributed by atoms with Gasteiger partial charge in [-0.15, -0.1) is 0 Å². The number of halogens is 2. The molecule has 0 fully saturated rings. The van der Waals surface area contributed by atoms with Crippen LogP contribution in [0.15, 0.2) is 54.6 Å². The molecule has 9 heteroatoms. The zero-order valence-electron chi connectivity index (χ0n) is 16.7. The molecule has 0 unspecified atom stereocenters. The molecule has 0 N–H and O–H groups in total. The minimum Gasteiger partial charge on any atom is -0.493 e. The number of methoxy groups -OCH3 is 1.